The van der Waals surface area contributed by atoms with E-state index in [0.29, 0.717) is 39.9 Å². The molecule has 0 saturated heterocycles. The molecule has 0 bridgehead atoms. The van der Waals surface area contributed by atoms with Crippen LogP contribution in [-0.2, 0) is 11.3 Å². The van der Waals surface area contributed by atoms with Crippen LogP contribution < -0.4 is 30.1 Å². The molecule has 0 atom stereocenters. The zero-order chi connectivity index (χ0) is 26.9. The topological polar surface area (TPSA) is 103 Å². The van der Waals surface area contributed by atoms with Crippen LogP contribution in [0.25, 0.3) is 0 Å². The molecular formula is C25H25Cl2N7O3. The van der Waals surface area contributed by atoms with Gasteiger partial charge in [-0.1, -0.05) is 41.9 Å². The summed E-state index contributed by atoms with van der Waals surface area (Å²) in [7, 11) is 6.45. The Morgan fingerprint density at radius 1 is 1.24 bits per heavy atom. The maximum absolute atomic E-state index is 13.5. The van der Waals surface area contributed by atoms with Crippen LogP contribution in [0.1, 0.15) is 5.56 Å². The van der Waals surface area contributed by atoms with Gasteiger partial charge in [0.15, 0.2) is 0 Å². The van der Waals surface area contributed by atoms with Crippen molar-refractivity contribution in [2.75, 3.05) is 53.6 Å². The number of halogens is 2. The molecule has 2 N–H and O–H groups in total. The molecule has 192 valence electrons. The lowest BCUT2D eigenvalue weighted by atomic mass is 10.1. The zero-order valence-corrected chi connectivity index (χ0v) is 22.2. The number of ether oxygens (including phenoxy) is 1. The highest BCUT2D eigenvalue weighted by Gasteiger charge is 2.34. The van der Waals surface area contributed by atoms with Crippen LogP contribution in [0.5, 0.6) is 5.75 Å². The zero-order valence-electron chi connectivity index (χ0n) is 20.7. The number of benzene rings is 2. The number of anilines is 6. The number of nitrogens with zero attached hydrogens (tertiary/aromatic N) is 5. The Kier molecular flexibility index (Phi) is 7.42. The number of methoxy groups -OCH3 is 1. The van der Waals surface area contributed by atoms with Crippen molar-refractivity contribution in [2.24, 2.45) is 0 Å². The SMILES string of the molecule is C=CC(=O)N(C)c1ccccc1Nc1ncc2c(n1)N(C)C(=O)N(c1c(Cl)c(NC)cc(OC)c1Cl)C2. The molecule has 1 aliphatic heterocycles. The average Bonchev–Trinajstić information content (AvgIpc) is 2.91. The van der Waals surface area contributed by atoms with Gasteiger partial charge in [0.25, 0.3) is 0 Å². The summed E-state index contributed by atoms with van der Waals surface area (Å²) in [5.41, 5.74) is 2.79. The average molecular weight is 542 g/mol. The normalized spacial score (nSPS) is 12.6. The smallest absolute Gasteiger partial charge is 0.330 e. The minimum absolute atomic E-state index is 0.141. The first-order valence-electron chi connectivity index (χ1n) is 11.1. The van der Waals surface area contributed by atoms with Crippen LogP contribution in [-0.4, -0.2) is 50.2 Å². The van der Waals surface area contributed by atoms with Gasteiger partial charge in [-0.05, 0) is 18.2 Å². The highest BCUT2D eigenvalue weighted by atomic mass is 35.5. The molecule has 37 heavy (non-hydrogen) atoms. The largest absolute Gasteiger partial charge is 0.495 e. The fourth-order valence-corrected chi connectivity index (χ4v) is 4.68. The van der Waals surface area contributed by atoms with E-state index in [2.05, 4.69) is 27.2 Å². The highest BCUT2D eigenvalue weighted by molar-refractivity contribution is 6.42. The molecule has 4 rings (SSSR count). The van der Waals surface area contributed by atoms with Gasteiger partial charge in [-0.25, -0.2) is 9.78 Å². The van der Waals surface area contributed by atoms with Crippen molar-refractivity contribution in [1.29, 1.82) is 0 Å². The summed E-state index contributed by atoms with van der Waals surface area (Å²) >= 11 is 13.2. The molecule has 3 amide bonds. The number of rotatable bonds is 7. The van der Waals surface area contributed by atoms with Crippen molar-refractivity contribution >= 4 is 69.7 Å². The molecule has 3 aromatic rings. The molecule has 0 unspecified atom stereocenters. The van der Waals surface area contributed by atoms with Crippen molar-refractivity contribution in [3.05, 3.63) is 64.8 Å². The molecule has 0 radical (unpaired) electrons. The first kappa shape index (κ1) is 26.1. The van der Waals surface area contributed by atoms with Crippen molar-refractivity contribution in [1.82, 2.24) is 9.97 Å². The fraction of sp³-hybridized carbons (Fsp3) is 0.200. The van der Waals surface area contributed by atoms with Gasteiger partial charge in [-0.15, -0.1) is 0 Å². The van der Waals surface area contributed by atoms with Crippen LogP contribution in [0.4, 0.5) is 39.3 Å². The summed E-state index contributed by atoms with van der Waals surface area (Å²) in [4.78, 5) is 38.9. The summed E-state index contributed by atoms with van der Waals surface area (Å²) in [5.74, 6) is 0.799. The third-order valence-electron chi connectivity index (χ3n) is 5.93. The predicted molar refractivity (Wildman–Crippen MR) is 148 cm³/mol. The molecule has 12 heteroatoms. The van der Waals surface area contributed by atoms with Gasteiger partial charge < -0.3 is 20.3 Å². The van der Waals surface area contributed by atoms with E-state index in [0.717, 1.165) is 0 Å². The van der Waals surface area contributed by atoms with Crippen LogP contribution in [0.3, 0.4) is 0 Å². The van der Waals surface area contributed by atoms with Crippen molar-refractivity contribution < 1.29 is 14.3 Å². The molecule has 1 aliphatic rings. The second-order valence-corrected chi connectivity index (χ2v) is 8.82. The lowest BCUT2D eigenvalue weighted by molar-refractivity contribution is -0.113. The number of para-hydroxylation sites is 2. The molecule has 0 spiro atoms. The summed E-state index contributed by atoms with van der Waals surface area (Å²) in [6.45, 7) is 3.68. The van der Waals surface area contributed by atoms with Crippen molar-refractivity contribution in [3.8, 4) is 5.75 Å². The van der Waals surface area contributed by atoms with E-state index in [1.807, 2.05) is 12.1 Å². The number of amides is 3. The number of urea groups is 1. The van der Waals surface area contributed by atoms with Crippen LogP contribution in [0.15, 0.2) is 49.2 Å². The number of carbonyl (C=O) groups excluding carboxylic acids is 2. The summed E-state index contributed by atoms with van der Waals surface area (Å²) < 4.78 is 5.38. The Morgan fingerprint density at radius 3 is 2.65 bits per heavy atom. The van der Waals surface area contributed by atoms with Gasteiger partial charge in [0.1, 0.15) is 16.6 Å². The quantitative estimate of drug-likeness (QED) is 0.391. The summed E-state index contributed by atoms with van der Waals surface area (Å²) in [6, 6.07) is 8.51. The van der Waals surface area contributed by atoms with Crippen molar-refractivity contribution in [2.45, 2.75) is 6.54 Å². The van der Waals surface area contributed by atoms with Crippen LogP contribution >= 0.6 is 23.2 Å². The van der Waals surface area contributed by atoms with E-state index in [9.17, 15) is 9.59 Å². The second-order valence-electron chi connectivity index (χ2n) is 8.07. The first-order valence-corrected chi connectivity index (χ1v) is 11.9. The van der Waals surface area contributed by atoms with Gasteiger partial charge in [0.05, 0.1) is 41.4 Å². The third kappa shape index (κ3) is 4.73. The molecule has 10 nitrogen and oxygen atoms in total. The third-order valence-corrected chi connectivity index (χ3v) is 6.67. The molecule has 2 heterocycles. The standard InChI is InChI=1S/C25H25Cl2N7O3/c1-6-19(35)32(3)17-10-8-7-9-15(17)30-24-29-12-14-13-34(25(36)33(4)23(14)31-24)22-20(26)16(28-2)11-18(37-5)21(22)27/h6-12,28H,1,13H2,2-5H3,(H,29,30,31). The summed E-state index contributed by atoms with van der Waals surface area (Å²) in [6.07, 6.45) is 2.86. The number of carbonyl (C=O) groups is 2. The minimum Gasteiger partial charge on any atom is -0.495 e. The number of hydrogen-bond donors (Lipinski definition) is 2. The maximum atomic E-state index is 13.5. The Labute approximate surface area is 224 Å². The van der Waals surface area contributed by atoms with E-state index >= 15 is 0 Å². The Bertz CT molecular complexity index is 1370. The number of aromatic nitrogens is 2. The van der Waals surface area contributed by atoms with E-state index < -0.39 is 0 Å². The van der Waals surface area contributed by atoms with E-state index in [-0.39, 0.29) is 34.5 Å². The number of nitrogens with one attached hydrogen (secondary N) is 2. The highest BCUT2D eigenvalue weighted by Crippen LogP contribution is 2.47. The molecule has 1 aromatic heterocycles. The Balaban J connectivity index is 1.69. The van der Waals surface area contributed by atoms with Gasteiger partial charge in [-0.2, -0.15) is 4.98 Å². The predicted octanol–water partition coefficient (Wildman–Crippen LogP) is 5.30. The first-order chi connectivity index (χ1) is 17.7. The van der Waals surface area contributed by atoms with Gasteiger partial charge in [0.2, 0.25) is 11.9 Å². The van der Waals surface area contributed by atoms with E-state index in [1.54, 1.807) is 45.5 Å². The summed E-state index contributed by atoms with van der Waals surface area (Å²) in [5, 5.41) is 6.63. The van der Waals surface area contributed by atoms with Crippen LogP contribution in [0.2, 0.25) is 10.0 Å². The maximum Gasteiger partial charge on any atom is 0.330 e. The van der Waals surface area contributed by atoms with Crippen molar-refractivity contribution in [3.63, 3.8) is 0 Å². The second kappa shape index (κ2) is 10.5. The Hall–Kier alpha value is -4.02. The molecule has 0 aliphatic carbocycles. The van der Waals surface area contributed by atoms with Gasteiger partial charge >= 0.3 is 6.03 Å². The minimum atomic E-state index is -0.382. The number of likely N-dealkylation sites (N-methyl/N-ethyl adjacent to an activating group) is 1. The van der Waals surface area contributed by atoms with E-state index in [1.165, 1.54) is 27.9 Å². The fourth-order valence-electron chi connectivity index (χ4n) is 3.96. The molecule has 0 fully saturated rings. The monoisotopic (exact) mass is 541 g/mol. The van der Waals surface area contributed by atoms with Gasteiger partial charge in [-0.3, -0.25) is 14.6 Å². The molecule has 0 saturated carbocycles. The number of fused-ring (bicyclic) bond motifs is 1. The Morgan fingerprint density at radius 2 is 1.97 bits per heavy atom. The van der Waals surface area contributed by atoms with Crippen LogP contribution in [0, 0.1) is 0 Å². The van der Waals surface area contributed by atoms with Gasteiger partial charge in [0, 0.05) is 39.0 Å². The molecular weight excluding hydrogens is 517 g/mol. The number of hydrogen-bond acceptors (Lipinski definition) is 7. The lowest BCUT2D eigenvalue weighted by Crippen LogP contribution is -2.46. The molecule has 2 aromatic carbocycles. The lowest BCUT2D eigenvalue weighted by Gasteiger charge is -2.35. The van der Waals surface area contributed by atoms with E-state index in [4.69, 9.17) is 27.9 Å².